The summed E-state index contributed by atoms with van der Waals surface area (Å²) in [4.78, 5) is 0. The van der Waals surface area contributed by atoms with Gasteiger partial charge in [0.15, 0.2) is 0 Å². The third kappa shape index (κ3) is 4.05. The second-order valence-electron chi connectivity index (χ2n) is 5.38. The molecule has 0 aromatic heterocycles. The van der Waals surface area contributed by atoms with Crippen molar-refractivity contribution in [1.82, 2.24) is 0 Å². The smallest absolute Gasteiger partial charge is 0.132 e. The molecular formula is C22H27FN2O. The minimum absolute atomic E-state index is 0.352. The average molecular weight is 354 g/mol. The molecule has 0 spiro atoms. The number of nitrogen functional groups attached to an aromatic ring is 1. The SMILES string of the molecule is C=C(C)c1ccc(-c2cc(N)c(C#N)c3c2OCC3)c(F)c1.CC.CC. The zero-order valence-electron chi connectivity index (χ0n) is 16.2. The standard InChI is InChI=1S/C18H15FN2O.2C2H6/c1-10(2)11-3-4-12(16(19)7-11)14-8-17(21)15(9-20)13-5-6-22-18(13)14;2*1-2/h3-4,7-8H,1,5-6,21H2,2H3;2*1-2H3. The Labute approximate surface area is 155 Å². The molecular weight excluding hydrogens is 327 g/mol. The highest BCUT2D eigenvalue weighted by Crippen LogP contribution is 2.42. The fraction of sp³-hybridized carbons (Fsp3) is 0.318. The van der Waals surface area contributed by atoms with E-state index in [-0.39, 0.29) is 5.82 Å². The van der Waals surface area contributed by atoms with Crippen LogP contribution in [0.2, 0.25) is 0 Å². The summed E-state index contributed by atoms with van der Waals surface area (Å²) in [5.74, 6) is 0.204. The van der Waals surface area contributed by atoms with E-state index in [2.05, 4.69) is 12.6 Å². The zero-order chi connectivity index (χ0) is 19.9. The molecule has 2 N–H and O–H groups in total. The van der Waals surface area contributed by atoms with Crippen LogP contribution in [0, 0.1) is 17.1 Å². The largest absolute Gasteiger partial charge is 0.492 e. The quantitative estimate of drug-likeness (QED) is 0.676. The maximum atomic E-state index is 14.5. The first-order valence-electron chi connectivity index (χ1n) is 8.97. The molecule has 0 aliphatic carbocycles. The molecule has 0 fully saturated rings. The van der Waals surface area contributed by atoms with E-state index in [1.54, 1.807) is 12.1 Å². The molecule has 0 unspecified atom stereocenters. The Balaban J connectivity index is 0.000000791. The van der Waals surface area contributed by atoms with Crippen LogP contribution in [0.15, 0.2) is 30.8 Å². The van der Waals surface area contributed by atoms with Crippen molar-refractivity contribution in [3.8, 4) is 22.9 Å². The number of nitrogens with two attached hydrogens (primary N) is 1. The molecule has 0 saturated carbocycles. The van der Waals surface area contributed by atoms with E-state index >= 15 is 0 Å². The lowest BCUT2D eigenvalue weighted by Crippen LogP contribution is -1.98. The van der Waals surface area contributed by atoms with E-state index in [4.69, 9.17) is 10.5 Å². The fourth-order valence-electron chi connectivity index (χ4n) is 2.73. The molecule has 2 aromatic rings. The first-order chi connectivity index (χ1) is 12.5. The van der Waals surface area contributed by atoms with Crippen LogP contribution >= 0.6 is 0 Å². The lowest BCUT2D eigenvalue weighted by molar-refractivity contribution is 0.358. The van der Waals surface area contributed by atoms with E-state index < -0.39 is 0 Å². The minimum atomic E-state index is -0.359. The highest BCUT2D eigenvalue weighted by atomic mass is 19.1. The molecule has 0 radical (unpaired) electrons. The highest BCUT2D eigenvalue weighted by Gasteiger charge is 2.24. The Morgan fingerprint density at radius 1 is 1.19 bits per heavy atom. The van der Waals surface area contributed by atoms with Gasteiger partial charge in [0.1, 0.15) is 17.6 Å². The summed E-state index contributed by atoms with van der Waals surface area (Å²) >= 11 is 0. The number of hydrogen-bond acceptors (Lipinski definition) is 3. The molecule has 138 valence electrons. The topological polar surface area (TPSA) is 59.0 Å². The number of nitrogens with zero attached hydrogens (tertiary/aromatic N) is 1. The average Bonchev–Trinajstić information content (AvgIpc) is 3.14. The first kappa shape index (κ1) is 21.2. The van der Waals surface area contributed by atoms with Crippen molar-refractivity contribution >= 4 is 11.3 Å². The van der Waals surface area contributed by atoms with Gasteiger partial charge in [0.25, 0.3) is 0 Å². The van der Waals surface area contributed by atoms with Crippen LogP contribution in [0.3, 0.4) is 0 Å². The maximum Gasteiger partial charge on any atom is 0.132 e. The molecule has 3 nitrogen and oxygen atoms in total. The number of nitriles is 1. The van der Waals surface area contributed by atoms with Crippen molar-refractivity contribution < 1.29 is 9.13 Å². The van der Waals surface area contributed by atoms with Crippen LogP contribution in [0.25, 0.3) is 16.7 Å². The van der Waals surface area contributed by atoms with E-state index in [1.807, 2.05) is 40.7 Å². The Bertz CT molecular complexity index is 835. The van der Waals surface area contributed by atoms with Gasteiger partial charge in [0.2, 0.25) is 0 Å². The van der Waals surface area contributed by atoms with Crippen molar-refractivity contribution in [2.45, 2.75) is 41.0 Å². The molecule has 2 aromatic carbocycles. The van der Waals surface area contributed by atoms with Gasteiger partial charge in [-0.1, -0.05) is 52.0 Å². The van der Waals surface area contributed by atoms with E-state index in [1.165, 1.54) is 6.07 Å². The van der Waals surface area contributed by atoms with Crippen LogP contribution in [0.1, 0.15) is 51.3 Å². The van der Waals surface area contributed by atoms with Gasteiger partial charge in [-0.3, -0.25) is 0 Å². The van der Waals surface area contributed by atoms with Crippen LogP contribution in [-0.4, -0.2) is 6.61 Å². The molecule has 0 saturated heterocycles. The molecule has 1 heterocycles. The number of anilines is 1. The van der Waals surface area contributed by atoms with Gasteiger partial charge in [-0.25, -0.2) is 4.39 Å². The summed E-state index contributed by atoms with van der Waals surface area (Å²) < 4.78 is 20.1. The number of rotatable bonds is 2. The number of halogens is 1. The van der Waals surface area contributed by atoms with Crippen LogP contribution < -0.4 is 10.5 Å². The zero-order valence-corrected chi connectivity index (χ0v) is 16.2. The second-order valence-corrected chi connectivity index (χ2v) is 5.38. The maximum absolute atomic E-state index is 14.5. The lowest BCUT2D eigenvalue weighted by Gasteiger charge is -2.13. The van der Waals surface area contributed by atoms with Crippen molar-refractivity contribution in [3.05, 3.63) is 53.4 Å². The Hall–Kier alpha value is -2.80. The molecule has 3 rings (SSSR count). The third-order valence-corrected chi connectivity index (χ3v) is 3.87. The highest BCUT2D eigenvalue weighted by molar-refractivity contribution is 5.81. The van der Waals surface area contributed by atoms with Gasteiger partial charge in [-0.15, -0.1) is 0 Å². The predicted octanol–water partition coefficient (Wildman–Crippen LogP) is 5.97. The fourth-order valence-corrected chi connectivity index (χ4v) is 2.73. The van der Waals surface area contributed by atoms with Gasteiger partial charge in [0.05, 0.1) is 17.9 Å². The Morgan fingerprint density at radius 3 is 2.38 bits per heavy atom. The number of fused-ring (bicyclic) bond motifs is 1. The number of ether oxygens (including phenoxy) is 1. The first-order valence-corrected chi connectivity index (χ1v) is 8.97. The summed E-state index contributed by atoms with van der Waals surface area (Å²) in [5, 5.41) is 9.23. The van der Waals surface area contributed by atoms with Crippen LogP contribution in [0.4, 0.5) is 10.1 Å². The van der Waals surface area contributed by atoms with Crippen LogP contribution in [-0.2, 0) is 6.42 Å². The van der Waals surface area contributed by atoms with Gasteiger partial charge in [0, 0.05) is 23.1 Å². The predicted molar refractivity (Wildman–Crippen MR) is 108 cm³/mol. The summed E-state index contributed by atoms with van der Waals surface area (Å²) in [7, 11) is 0. The number of hydrogen-bond donors (Lipinski definition) is 1. The molecule has 1 aliphatic rings. The molecule has 1 aliphatic heterocycles. The summed E-state index contributed by atoms with van der Waals surface area (Å²) in [6, 6.07) is 8.68. The van der Waals surface area contributed by atoms with Gasteiger partial charge in [-0.2, -0.15) is 5.26 Å². The van der Waals surface area contributed by atoms with Crippen molar-refractivity contribution in [3.63, 3.8) is 0 Å². The Kier molecular flexibility index (Phi) is 7.86. The second kappa shape index (κ2) is 9.62. The van der Waals surface area contributed by atoms with Gasteiger partial charge < -0.3 is 10.5 Å². The summed E-state index contributed by atoms with van der Waals surface area (Å²) in [6.07, 6.45) is 0.613. The molecule has 0 bridgehead atoms. The minimum Gasteiger partial charge on any atom is -0.492 e. The number of allylic oxidation sites excluding steroid dienone is 1. The van der Waals surface area contributed by atoms with Crippen molar-refractivity contribution in [1.29, 1.82) is 5.26 Å². The van der Waals surface area contributed by atoms with E-state index in [0.717, 1.165) is 16.7 Å². The van der Waals surface area contributed by atoms with Gasteiger partial charge >= 0.3 is 0 Å². The van der Waals surface area contributed by atoms with E-state index in [0.29, 0.717) is 41.2 Å². The normalized spacial score (nSPS) is 11.0. The molecule has 0 atom stereocenters. The Morgan fingerprint density at radius 2 is 1.85 bits per heavy atom. The van der Waals surface area contributed by atoms with E-state index in [9.17, 15) is 9.65 Å². The number of benzene rings is 2. The summed E-state index contributed by atoms with van der Waals surface area (Å²) in [5.41, 5.74) is 10.1. The van der Waals surface area contributed by atoms with Crippen molar-refractivity contribution in [2.24, 2.45) is 0 Å². The van der Waals surface area contributed by atoms with Gasteiger partial charge in [-0.05, 0) is 24.6 Å². The lowest BCUT2D eigenvalue weighted by atomic mass is 9.94. The molecule has 0 amide bonds. The third-order valence-electron chi connectivity index (χ3n) is 3.87. The summed E-state index contributed by atoms with van der Waals surface area (Å²) in [6.45, 7) is 14.1. The van der Waals surface area contributed by atoms with Crippen LogP contribution in [0.5, 0.6) is 5.75 Å². The monoisotopic (exact) mass is 354 g/mol. The van der Waals surface area contributed by atoms with Crippen molar-refractivity contribution in [2.75, 3.05) is 12.3 Å². The molecule has 26 heavy (non-hydrogen) atoms. The molecule has 4 heteroatoms.